The zero-order chi connectivity index (χ0) is 24.8. The van der Waals surface area contributed by atoms with Crippen LogP contribution in [0.3, 0.4) is 0 Å². The number of benzene rings is 2. The lowest BCUT2D eigenvalue weighted by molar-refractivity contribution is -0.144. The third kappa shape index (κ3) is 5.89. The number of carbonyl (C=O) groups is 2. The summed E-state index contributed by atoms with van der Waals surface area (Å²) in [4.78, 5) is 32.9. The van der Waals surface area contributed by atoms with Gasteiger partial charge in [0.2, 0.25) is 5.91 Å². The molecule has 0 radical (unpaired) electrons. The van der Waals surface area contributed by atoms with Gasteiger partial charge in [0.05, 0.1) is 30.7 Å². The molecule has 4 rings (SSSR count). The maximum absolute atomic E-state index is 14.0. The normalized spacial score (nSPS) is 20.1. The second-order valence-corrected chi connectivity index (χ2v) is 10.6. The van der Waals surface area contributed by atoms with Crippen molar-refractivity contribution in [1.82, 2.24) is 4.90 Å². The van der Waals surface area contributed by atoms with Crippen LogP contribution in [-0.4, -0.2) is 59.9 Å². The number of amides is 1. The summed E-state index contributed by atoms with van der Waals surface area (Å²) < 4.78 is 10.5. The van der Waals surface area contributed by atoms with Crippen LogP contribution in [0.5, 0.6) is 5.75 Å². The molecule has 186 valence electrons. The SMILES string of the molecule is CCOC(=O)C1N=C(CN(CCCc2ccccc2)C(=O)C2(c3ccc(OC)cc3)CC2)SC1C. The number of nitrogens with zero attached hydrogens (tertiary/aromatic N) is 2. The molecule has 0 bridgehead atoms. The fourth-order valence-electron chi connectivity index (χ4n) is 4.62. The summed E-state index contributed by atoms with van der Waals surface area (Å²) in [5.41, 5.74) is 1.82. The second kappa shape index (κ2) is 11.3. The molecule has 1 heterocycles. The molecular formula is C28H34N2O4S. The van der Waals surface area contributed by atoms with E-state index in [2.05, 4.69) is 17.1 Å². The first kappa shape index (κ1) is 25.3. The van der Waals surface area contributed by atoms with Gasteiger partial charge in [-0.3, -0.25) is 9.79 Å². The van der Waals surface area contributed by atoms with Crippen LogP contribution in [0, 0.1) is 0 Å². The van der Waals surface area contributed by atoms with Crippen molar-refractivity contribution in [3.8, 4) is 5.75 Å². The lowest BCUT2D eigenvalue weighted by Gasteiger charge is -2.28. The van der Waals surface area contributed by atoms with Gasteiger partial charge in [-0.2, -0.15) is 0 Å². The van der Waals surface area contributed by atoms with Crippen LogP contribution in [0.4, 0.5) is 0 Å². The second-order valence-electron chi connectivity index (χ2n) is 9.17. The molecule has 0 spiro atoms. The van der Waals surface area contributed by atoms with Crippen LogP contribution in [-0.2, 0) is 26.2 Å². The summed E-state index contributed by atoms with van der Waals surface area (Å²) in [5.74, 6) is 0.639. The minimum absolute atomic E-state index is 0.00166. The summed E-state index contributed by atoms with van der Waals surface area (Å²) in [6.07, 6.45) is 3.45. The number of aliphatic imine (C=N–C) groups is 1. The average Bonchev–Trinajstić information content (AvgIpc) is 3.61. The maximum atomic E-state index is 14.0. The minimum Gasteiger partial charge on any atom is -0.497 e. The molecule has 2 aromatic rings. The molecule has 2 aromatic carbocycles. The number of hydrogen-bond acceptors (Lipinski definition) is 6. The van der Waals surface area contributed by atoms with Gasteiger partial charge in [-0.15, -0.1) is 11.8 Å². The van der Waals surface area contributed by atoms with Crippen molar-refractivity contribution in [2.75, 3.05) is 26.8 Å². The van der Waals surface area contributed by atoms with E-state index in [1.54, 1.807) is 25.8 Å². The first-order valence-electron chi connectivity index (χ1n) is 12.3. The van der Waals surface area contributed by atoms with E-state index >= 15 is 0 Å². The van der Waals surface area contributed by atoms with Crippen molar-refractivity contribution in [3.05, 3.63) is 65.7 Å². The van der Waals surface area contributed by atoms with E-state index in [1.807, 2.05) is 54.3 Å². The maximum Gasteiger partial charge on any atom is 0.332 e. The van der Waals surface area contributed by atoms with E-state index in [0.717, 1.165) is 42.0 Å². The van der Waals surface area contributed by atoms with Crippen LogP contribution in [0.25, 0.3) is 0 Å². The largest absolute Gasteiger partial charge is 0.497 e. The molecule has 1 aliphatic carbocycles. The topological polar surface area (TPSA) is 68.2 Å². The number of ether oxygens (including phenoxy) is 2. The van der Waals surface area contributed by atoms with Crippen molar-refractivity contribution >= 4 is 28.7 Å². The van der Waals surface area contributed by atoms with Crippen molar-refractivity contribution in [1.29, 1.82) is 0 Å². The lowest BCUT2D eigenvalue weighted by Crippen LogP contribution is -2.42. The van der Waals surface area contributed by atoms with E-state index in [0.29, 0.717) is 19.7 Å². The Balaban J connectivity index is 1.51. The number of thioether (sulfide) groups is 1. The fourth-order valence-corrected chi connectivity index (χ4v) is 5.75. The van der Waals surface area contributed by atoms with Gasteiger partial charge < -0.3 is 14.4 Å². The van der Waals surface area contributed by atoms with Gasteiger partial charge in [-0.1, -0.05) is 49.4 Å². The van der Waals surface area contributed by atoms with Crippen LogP contribution in [0.2, 0.25) is 0 Å². The molecule has 2 atom stereocenters. The Morgan fingerprint density at radius 3 is 2.46 bits per heavy atom. The molecule has 1 fully saturated rings. The molecule has 0 saturated heterocycles. The first-order chi connectivity index (χ1) is 17.0. The van der Waals surface area contributed by atoms with Crippen molar-refractivity contribution < 1.29 is 19.1 Å². The van der Waals surface area contributed by atoms with Crippen LogP contribution in [0.15, 0.2) is 59.6 Å². The van der Waals surface area contributed by atoms with E-state index in [9.17, 15) is 9.59 Å². The number of methoxy groups -OCH3 is 1. The lowest BCUT2D eigenvalue weighted by atomic mass is 9.94. The molecule has 0 N–H and O–H groups in total. The minimum atomic E-state index is -0.507. The number of aryl methyl sites for hydroxylation is 1. The predicted molar refractivity (Wildman–Crippen MR) is 140 cm³/mol. The number of carbonyl (C=O) groups excluding carboxylic acids is 2. The Kier molecular flexibility index (Phi) is 8.16. The molecule has 35 heavy (non-hydrogen) atoms. The van der Waals surface area contributed by atoms with Crippen LogP contribution in [0.1, 0.15) is 44.2 Å². The Morgan fingerprint density at radius 2 is 1.83 bits per heavy atom. The summed E-state index contributed by atoms with van der Waals surface area (Å²) in [5, 5.41) is 0.830. The smallest absolute Gasteiger partial charge is 0.332 e. The number of hydrogen-bond donors (Lipinski definition) is 0. The highest BCUT2D eigenvalue weighted by molar-refractivity contribution is 8.14. The number of esters is 1. The van der Waals surface area contributed by atoms with Gasteiger partial charge in [0.25, 0.3) is 0 Å². The van der Waals surface area contributed by atoms with Crippen LogP contribution >= 0.6 is 11.8 Å². The highest BCUT2D eigenvalue weighted by atomic mass is 32.2. The third-order valence-electron chi connectivity index (χ3n) is 6.73. The molecule has 2 aliphatic rings. The summed E-state index contributed by atoms with van der Waals surface area (Å²) >= 11 is 1.57. The van der Waals surface area contributed by atoms with E-state index in [1.165, 1.54) is 5.56 Å². The molecule has 6 nitrogen and oxygen atoms in total. The van der Waals surface area contributed by atoms with Crippen molar-refractivity contribution in [2.45, 2.75) is 56.2 Å². The molecular weight excluding hydrogens is 460 g/mol. The highest BCUT2D eigenvalue weighted by Gasteiger charge is 2.53. The highest BCUT2D eigenvalue weighted by Crippen LogP contribution is 2.50. The quantitative estimate of drug-likeness (QED) is 0.425. The van der Waals surface area contributed by atoms with Gasteiger partial charge in [0.1, 0.15) is 5.75 Å². The van der Waals surface area contributed by atoms with Crippen molar-refractivity contribution in [3.63, 3.8) is 0 Å². The molecule has 1 aliphatic heterocycles. The van der Waals surface area contributed by atoms with Crippen molar-refractivity contribution in [2.24, 2.45) is 4.99 Å². The zero-order valence-corrected chi connectivity index (χ0v) is 21.6. The molecule has 1 amide bonds. The van der Waals surface area contributed by atoms with Gasteiger partial charge in [-0.05, 0) is 55.9 Å². The fraction of sp³-hybridized carbons (Fsp3) is 0.464. The summed E-state index contributed by atoms with van der Waals surface area (Å²) in [7, 11) is 1.64. The summed E-state index contributed by atoms with van der Waals surface area (Å²) in [6, 6.07) is 17.7. The molecule has 1 saturated carbocycles. The number of rotatable bonds is 11. The molecule has 0 aromatic heterocycles. The summed E-state index contributed by atoms with van der Waals surface area (Å²) in [6.45, 7) is 5.20. The molecule has 2 unspecified atom stereocenters. The Morgan fingerprint density at radius 1 is 1.11 bits per heavy atom. The molecule has 7 heteroatoms. The Hall–Kier alpha value is -2.80. The first-order valence-corrected chi connectivity index (χ1v) is 13.2. The zero-order valence-electron chi connectivity index (χ0n) is 20.7. The predicted octanol–water partition coefficient (Wildman–Crippen LogP) is 4.65. The van der Waals surface area contributed by atoms with E-state index in [4.69, 9.17) is 9.47 Å². The standard InChI is InChI=1S/C28H34N2O4S/c1-4-34-26(31)25-20(2)35-24(29-25)19-30(18-8-11-21-9-6-5-7-10-21)27(32)28(16-17-28)22-12-14-23(33-3)15-13-22/h5-7,9-10,12-15,20,25H,4,8,11,16-19H2,1-3H3. The van der Waals surface area contributed by atoms with E-state index in [-0.39, 0.29) is 17.1 Å². The van der Waals surface area contributed by atoms with Gasteiger partial charge in [0.15, 0.2) is 6.04 Å². The monoisotopic (exact) mass is 494 g/mol. The van der Waals surface area contributed by atoms with Crippen LogP contribution < -0.4 is 4.74 Å². The van der Waals surface area contributed by atoms with E-state index < -0.39 is 11.5 Å². The van der Waals surface area contributed by atoms with Gasteiger partial charge in [-0.25, -0.2) is 4.79 Å². The van der Waals surface area contributed by atoms with Gasteiger partial charge in [0, 0.05) is 11.8 Å². The Bertz CT molecular complexity index is 1050. The Labute approximate surface area is 212 Å². The average molecular weight is 495 g/mol. The third-order valence-corrected chi connectivity index (χ3v) is 7.87. The van der Waals surface area contributed by atoms with Gasteiger partial charge >= 0.3 is 5.97 Å².